The maximum atomic E-state index is 9.81. The minimum absolute atomic E-state index is 0.247. The van der Waals surface area contributed by atoms with Crippen LogP contribution < -0.4 is 14.8 Å². The molecule has 2 N–H and O–H groups in total. The van der Waals surface area contributed by atoms with Gasteiger partial charge >= 0.3 is 0 Å². The van der Waals surface area contributed by atoms with Gasteiger partial charge in [-0.2, -0.15) is 0 Å². The van der Waals surface area contributed by atoms with Crippen molar-refractivity contribution < 1.29 is 14.6 Å². The fraction of sp³-hybridized carbons (Fsp3) is 0.571. The minimum atomic E-state index is -0.492. The highest BCUT2D eigenvalue weighted by Gasteiger charge is 2.36. The first-order chi connectivity index (χ1) is 8.61. The highest BCUT2D eigenvalue weighted by Crippen LogP contribution is 2.34. The van der Waals surface area contributed by atoms with Gasteiger partial charge in [-0.15, -0.1) is 0 Å². The molecule has 0 aliphatic heterocycles. The lowest BCUT2D eigenvalue weighted by Crippen LogP contribution is -2.37. The van der Waals surface area contributed by atoms with Gasteiger partial charge in [0.2, 0.25) is 0 Å². The second-order valence-electron chi connectivity index (χ2n) is 5.09. The Morgan fingerprint density at radius 2 is 2.11 bits per heavy atom. The van der Waals surface area contributed by atoms with Gasteiger partial charge in [0.25, 0.3) is 0 Å². The summed E-state index contributed by atoms with van der Waals surface area (Å²) in [6, 6.07) is 7.38. The number of aliphatic hydroxyl groups excluding tert-OH is 1. The molecule has 1 aromatic carbocycles. The van der Waals surface area contributed by atoms with Crippen molar-refractivity contribution in [1.82, 2.24) is 5.32 Å². The Hall–Kier alpha value is -1.26. The first kappa shape index (κ1) is 13.2. The predicted molar refractivity (Wildman–Crippen MR) is 70.1 cm³/mol. The van der Waals surface area contributed by atoms with E-state index in [-0.39, 0.29) is 12.1 Å². The van der Waals surface area contributed by atoms with Crippen LogP contribution in [0.2, 0.25) is 0 Å². The number of methoxy groups -OCH3 is 1. The molecule has 4 nitrogen and oxygen atoms in total. The van der Waals surface area contributed by atoms with Crippen LogP contribution in [0.25, 0.3) is 0 Å². The van der Waals surface area contributed by atoms with E-state index in [0.717, 1.165) is 5.75 Å². The monoisotopic (exact) mass is 251 g/mol. The SMILES string of the molecule is COc1cccc(OCC(O)CNC2(C)CC2)c1. The van der Waals surface area contributed by atoms with Crippen molar-refractivity contribution in [3.63, 3.8) is 0 Å². The fourth-order valence-corrected chi connectivity index (χ4v) is 1.67. The normalized spacial score (nSPS) is 18.2. The van der Waals surface area contributed by atoms with E-state index in [1.54, 1.807) is 7.11 Å². The van der Waals surface area contributed by atoms with Crippen molar-refractivity contribution in [2.45, 2.75) is 31.4 Å². The van der Waals surface area contributed by atoms with Crippen LogP contribution in [0.3, 0.4) is 0 Å². The fourth-order valence-electron chi connectivity index (χ4n) is 1.67. The molecule has 1 aliphatic carbocycles. The van der Waals surface area contributed by atoms with Crippen LogP contribution in [-0.4, -0.2) is 37.0 Å². The van der Waals surface area contributed by atoms with Crippen LogP contribution in [0.5, 0.6) is 11.5 Å². The number of ether oxygens (including phenoxy) is 2. The van der Waals surface area contributed by atoms with Gasteiger partial charge in [0, 0.05) is 18.2 Å². The molecule has 0 radical (unpaired) electrons. The van der Waals surface area contributed by atoms with E-state index in [0.29, 0.717) is 12.3 Å². The summed E-state index contributed by atoms with van der Waals surface area (Å²) >= 11 is 0. The Bertz CT molecular complexity index is 390. The van der Waals surface area contributed by atoms with Gasteiger partial charge in [-0.3, -0.25) is 0 Å². The average Bonchev–Trinajstić information content (AvgIpc) is 3.13. The number of hydrogen-bond acceptors (Lipinski definition) is 4. The summed E-state index contributed by atoms with van der Waals surface area (Å²) in [5, 5.41) is 13.1. The van der Waals surface area contributed by atoms with Gasteiger partial charge in [-0.25, -0.2) is 0 Å². The predicted octanol–water partition coefficient (Wildman–Crippen LogP) is 1.58. The van der Waals surface area contributed by atoms with Crippen LogP contribution in [0.1, 0.15) is 19.8 Å². The molecule has 1 aliphatic rings. The third-order valence-corrected chi connectivity index (χ3v) is 3.25. The molecular formula is C14H21NO3. The van der Waals surface area contributed by atoms with Crippen molar-refractivity contribution in [2.75, 3.05) is 20.3 Å². The molecule has 0 saturated heterocycles. The Morgan fingerprint density at radius 1 is 1.39 bits per heavy atom. The molecule has 1 fully saturated rings. The number of nitrogens with one attached hydrogen (secondary N) is 1. The first-order valence-electron chi connectivity index (χ1n) is 6.31. The quantitative estimate of drug-likeness (QED) is 0.772. The zero-order valence-electron chi connectivity index (χ0n) is 11.0. The summed E-state index contributed by atoms with van der Waals surface area (Å²) in [5.74, 6) is 1.47. The van der Waals surface area contributed by atoms with Crippen molar-refractivity contribution in [3.8, 4) is 11.5 Å². The molecule has 0 heterocycles. The Balaban J connectivity index is 1.72. The van der Waals surface area contributed by atoms with Crippen molar-refractivity contribution in [2.24, 2.45) is 0 Å². The molecule has 1 aromatic rings. The summed E-state index contributed by atoms with van der Waals surface area (Å²) in [4.78, 5) is 0. The molecule has 0 amide bonds. The molecular weight excluding hydrogens is 230 g/mol. The first-order valence-corrected chi connectivity index (χ1v) is 6.31. The lowest BCUT2D eigenvalue weighted by atomic mass is 10.3. The molecule has 1 atom stereocenters. The Kier molecular flexibility index (Phi) is 4.09. The van der Waals surface area contributed by atoms with Gasteiger partial charge < -0.3 is 19.9 Å². The van der Waals surface area contributed by atoms with Gasteiger partial charge in [0.05, 0.1) is 7.11 Å². The van der Waals surface area contributed by atoms with Crippen LogP contribution in [0.4, 0.5) is 0 Å². The minimum Gasteiger partial charge on any atom is -0.497 e. The second kappa shape index (κ2) is 5.59. The maximum absolute atomic E-state index is 9.81. The third-order valence-electron chi connectivity index (χ3n) is 3.25. The standard InChI is InChI=1S/C14H21NO3/c1-14(6-7-14)15-9-11(16)10-18-13-5-3-4-12(8-13)17-2/h3-5,8,11,15-16H,6-7,9-10H2,1-2H3. The van der Waals surface area contributed by atoms with E-state index in [1.807, 2.05) is 24.3 Å². The van der Waals surface area contributed by atoms with Crippen LogP contribution in [0, 0.1) is 0 Å². The van der Waals surface area contributed by atoms with Gasteiger partial charge in [-0.05, 0) is 31.9 Å². The topological polar surface area (TPSA) is 50.7 Å². The van der Waals surface area contributed by atoms with Crippen LogP contribution in [0.15, 0.2) is 24.3 Å². The van der Waals surface area contributed by atoms with E-state index in [2.05, 4.69) is 12.2 Å². The van der Waals surface area contributed by atoms with Crippen molar-refractivity contribution >= 4 is 0 Å². The van der Waals surface area contributed by atoms with E-state index in [1.165, 1.54) is 12.8 Å². The summed E-state index contributed by atoms with van der Waals surface area (Å²) in [6.45, 7) is 3.03. The number of hydrogen-bond donors (Lipinski definition) is 2. The number of benzene rings is 1. The molecule has 0 aromatic heterocycles. The average molecular weight is 251 g/mol. The lowest BCUT2D eigenvalue weighted by Gasteiger charge is -2.16. The smallest absolute Gasteiger partial charge is 0.123 e. The molecule has 1 saturated carbocycles. The summed E-state index contributed by atoms with van der Waals surface area (Å²) in [6.07, 6.45) is 1.89. The Morgan fingerprint density at radius 3 is 2.78 bits per heavy atom. The zero-order valence-corrected chi connectivity index (χ0v) is 11.0. The summed E-state index contributed by atoms with van der Waals surface area (Å²) in [7, 11) is 1.62. The highest BCUT2D eigenvalue weighted by atomic mass is 16.5. The number of β-amino-alcohol motifs (C(OH)–C–C–N with tert-alkyl or cyclic N) is 1. The second-order valence-corrected chi connectivity index (χ2v) is 5.09. The number of aliphatic hydroxyl groups is 1. The lowest BCUT2D eigenvalue weighted by molar-refractivity contribution is 0.103. The van der Waals surface area contributed by atoms with Crippen molar-refractivity contribution in [1.29, 1.82) is 0 Å². The molecule has 1 unspecified atom stereocenters. The maximum Gasteiger partial charge on any atom is 0.123 e. The molecule has 0 spiro atoms. The summed E-state index contributed by atoms with van der Waals surface area (Å²) in [5.41, 5.74) is 0.247. The van der Waals surface area contributed by atoms with E-state index < -0.39 is 6.10 Å². The molecule has 2 rings (SSSR count). The molecule has 0 bridgehead atoms. The van der Waals surface area contributed by atoms with Gasteiger partial charge in [-0.1, -0.05) is 6.07 Å². The Labute approximate surface area is 108 Å². The molecule has 18 heavy (non-hydrogen) atoms. The van der Waals surface area contributed by atoms with Gasteiger partial charge in [0.15, 0.2) is 0 Å². The zero-order chi connectivity index (χ0) is 13.0. The van der Waals surface area contributed by atoms with Gasteiger partial charge in [0.1, 0.15) is 24.2 Å². The highest BCUT2D eigenvalue weighted by molar-refractivity contribution is 5.32. The van der Waals surface area contributed by atoms with E-state index >= 15 is 0 Å². The van der Waals surface area contributed by atoms with E-state index in [4.69, 9.17) is 9.47 Å². The third kappa shape index (κ3) is 3.89. The number of rotatable bonds is 7. The molecule has 100 valence electrons. The summed E-state index contributed by atoms with van der Waals surface area (Å²) < 4.78 is 10.6. The van der Waals surface area contributed by atoms with Crippen molar-refractivity contribution in [3.05, 3.63) is 24.3 Å². The largest absolute Gasteiger partial charge is 0.497 e. The van der Waals surface area contributed by atoms with E-state index in [9.17, 15) is 5.11 Å². The van der Waals surface area contributed by atoms with Crippen LogP contribution in [-0.2, 0) is 0 Å². The van der Waals surface area contributed by atoms with Crippen LogP contribution >= 0.6 is 0 Å². The molecule has 4 heteroatoms.